The number of hydrogen-bond donors (Lipinski definition) is 2. The van der Waals surface area contributed by atoms with Gasteiger partial charge in [-0.15, -0.1) is 0 Å². The molecular weight excluding hydrogens is 218 g/mol. The first-order chi connectivity index (χ1) is 8.13. The Balaban J connectivity index is 2.36. The Morgan fingerprint density at radius 1 is 1.47 bits per heavy atom. The minimum Gasteiger partial charge on any atom is -0.496 e. The van der Waals surface area contributed by atoms with Crippen molar-refractivity contribution in [2.24, 2.45) is 5.92 Å². The maximum Gasteiger partial charge on any atom is 0.308 e. The molecule has 92 valence electrons. The molecule has 2 rings (SSSR count). The van der Waals surface area contributed by atoms with Crippen molar-refractivity contribution in [3.63, 3.8) is 0 Å². The van der Waals surface area contributed by atoms with Gasteiger partial charge >= 0.3 is 5.97 Å². The van der Waals surface area contributed by atoms with Crippen molar-refractivity contribution in [1.82, 2.24) is 5.32 Å². The number of ether oxygens (including phenoxy) is 1. The highest BCUT2D eigenvalue weighted by molar-refractivity contribution is 5.72. The second-order valence-corrected chi connectivity index (χ2v) is 4.45. The van der Waals surface area contributed by atoms with Gasteiger partial charge in [-0.2, -0.15) is 0 Å². The van der Waals surface area contributed by atoms with Crippen molar-refractivity contribution in [2.45, 2.75) is 12.8 Å². The van der Waals surface area contributed by atoms with Gasteiger partial charge in [0.05, 0.1) is 13.0 Å². The predicted octanol–water partition coefficient (Wildman–Crippen LogP) is 1.39. The number of hydrogen-bond acceptors (Lipinski definition) is 3. The van der Waals surface area contributed by atoms with E-state index in [0.29, 0.717) is 13.1 Å². The molecule has 0 spiro atoms. The van der Waals surface area contributed by atoms with Crippen molar-refractivity contribution in [1.29, 1.82) is 0 Å². The Kier molecular flexibility index (Phi) is 3.33. The van der Waals surface area contributed by atoms with E-state index >= 15 is 0 Å². The molecule has 1 aliphatic rings. The van der Waals surface area contributed by atoms with E-state index in [0.717, 1.165) is 16.9 Å². The lowest BCUT2D eigenvalue weighted by Crippen LogP contribution is -2.21. The first-order valence-electron chi connectivity index (χ1n) is 5.71. The molecule has 1 aliphatic heterocycles. The van der Waals surface area contributed by atoms with Crippen LogP contribution in [0.2, 0.25) is 0 Å². The SMILES string of the molecule is COc1cc(C)ccc1[C@@H]1CNC[C@H]1C(=O)O. The van der Waals surface area contributed by atoms with Crippen LogP contribution < -0.4 is 10.1 Å². The van der Waals surface area contributed by atoms with Crippen molar-refractivity contribution < 1.29 is 14.6 Å². The topological polar surface area (TPSA) is 58.6 Å². The van der Waals surface area contributed by atoms with Gasteiger partial charge in [0.25, 0.3) is 0 Å². The lowest BCUT2D eigenvalue weighted by molar-refractivity contribution is -0.141. The number of carbonyl (C=O) groups is 1. The number of nitrogens with one attached hydrogen (secondary N) is 1. The third-order valence-corrected chi connectivity index (χ3v) is 3.32. The average molecular weight is 235 g/mol. The van der Waals surface area contributed by atoms with E-state index in [-0.39, 0.29) is 11.8 Å². The summed E-state index contributed by atoms with van der Waals surface area (Å²) >= 11 is 0. The Hall–Kier alpha value is -1.55. The van der Waals surface area contributed by atoms with Gasteiger partial charge in [-0.3, -0.25) is 4.79 Å². The molecule has 0 bridgehead atoms. The van der Waals surface area contributed by atoms with Crippen LogP contribution in [-0.2, 0) is 4.79 Å². The zero-order chi connectivity index (χ0) is 12.4. The highest BCUT2D eigenvalue weighted by Gasteiger charge is 2.35. The summed E-state index contributed by atoms with van der Waals surface area (Å²) in [5.41, 5.74) is 2.10. The molecule has 0 aliphatic carbocycles. The molecule has 1 heterocycles. The lowest BCUT2D eigenvalue weighted by atomic mass is 9.88. The molecule has 0 saturated carbocycles. The molecule has 1 fully saturated rings. The Labute approximate surface area is 101 Å². The van der Waals surface area contributed by atoms with Crippen molar-refractivity contribution in [3.8, 4) is 5.75 Å². The van der Waals surface area contributed by atoms with Crippen LogP contribution in [0.1, 0.15) is 17.0 Å². The van der Waals surface area contributed by atoms with Gasteiger partial charge in [0.2, 0.25) is 0 Å². The van der Waals surface area contributed by atoms with Gasteiger partial charge in [-0.1, -0.05) is 12.1 Å². The number of benzene rings is 1. The van der Waals surface area contributed by atoms with Gasteiger partial charge in [0, 0.05) is 19.0 Å². The first-order valence-corrected chi connectivity index (χ1v) is 5.71. The summed E-state index contributed by atoms with van der Waals surface area (Å²) < 4.78 is 5.35. The van der Waals surface area contributed by atoms with Crippen LogP contribution in [0.5, 0.6) is 5.75 Å². The quantitative estimate of drug-likeness (QED) is 0.831. The van der Waals surface area contributed by atoms with Crippen molar-refractivity contribution in [3.05, 3.63) is 29.3 Å². The molecule has 1 saturated heterocycles. The third-order valence-electron chi connectivity index (χ3n) is 3.32. The standard InChI is InChI=1S/C13H17NO3/c1-8-3-4-9(12(5-8)17-2)10-6-14-7-11(10)13(15)16/h3-5,10-11,14H,6-7H2,1-2H3,(H,15,16)/t10-,11+/m0/s1. The average Bonchev–Trinajstić information content (AvgIpc) is 2.77. The van der Waals surface area contributed by atoms with Crippen LogP contribution >= 0.6 is 0 Å². The van der Waals surface area contributed by atoms with Crippen LogP contribution in [0.3, 0.4) is 0 Å². The molecule has 17 heavy (non-hydrogen) atoms. The third kappa shape index (κ3) is 2.26. The summed E-state index contributed by atoms with van der Waals surface area (Å²) in [4.78, 5) is 11.2. The minimum absolute atomic E-state index is 0.0111. The molecule has 2 atom stereocenters. The number of carboxylic acids is 1. The predicted molar refractivity (Wildman–Crippen MR) is 64.5 cm³/mol. The smallest absolute Gasteiger partial charge is 0.308 e. The summed E-state index contributed by atoms with van der Waals surface area (Å²) in [6, 6.07) is 5.92. The van der Waals surface area contributed by atoms with Crippen LogP contribution in [-0.4, -0.2) is 31.3 Å². The molecule has 0 unspecified atom stereocenters. The van der Waals surface area contributed by atoms with E-state index < -0.39 is 5.97 Å². The lowest BCUT2D eigenvalue weighted by Gasteiger charge is -2.18. The van der Waals surface area contributed by atoms with Crippen LogP contribution in [0.15, 0.2) is 18.2 Å². The molecule has 4 heteroatoms. The molecule has 4 nitrogen and oxygen atoms in total. The number of aryl methyl sites for hydroxylation is 1. The van der Waals surface area contributed by atoms with Crippen molar-refractivity contribution in [2.75, 3.05) is 20.2 Å². The highest BCUT2D eigenvalue weighted by atomic mass is 16.5. The van der Waals surface area contributed by atoms with Gasteiger partial charge in [0.1, 0.15) is 5.75 Å². The molecule has 0 amide bonds. The maximum atomic E-state index is 11.2. The molecule has 1 aromatic rings. The summed E-state index contributed by atoms with van der Waals surface area (Å²) in [6.45, 7) is 3.21. The van der Waals surface area contributed by atoms with Crippen molar-refractivity contribution >= 4 is 5.97 Å². The monoisotopic (exact) mass is 235 g/mol. The van der Waals surface area contributed by atoms with Gasteiger partial charge in [0.15, 0.2) is 0 Å². The summed E-state index contributed by atoms with van der Waals surface area (Å²) in [6.07, 6.45) is 0. The van der Waals surface area contributed by atoms with E-state index in [1.807, 2.05) is 25.1 Å². The van der Waals surface area contributed by atoms with Gasteiger partial charge in [-0.25, -0.2) is 0 Å². The van der Waals surface area contributed by atoms with E-state index in [1.165, 1.54) is 0 Å². The highest BCUT2D eigenvalue weighted by Crippen LogP contribution is 2.34. The maximum absolute atomic E-state index is 11.2. The van der Waals surface area contributed by atoms with E-state index in [2.05, 4.69) is 5.32 Å². The fraction of sp³-hybridized carbons (Fsp3) is 0.462. The van der Waals surface area contributed by atoms with Crippen LogP contribution in [0, 0.1) is 12.8 Å². The molecule has 1 aromatic carbocycles. The summed E-state index contributed by atoms with van der Waals surface area (Å²) in [5.74, 6) is -0.345. The summed E-state index contributed by atoms with van der Waals surface area (Å²) in [7, 11) is 1.62. The van der Waals surface area contributed by atoms with Crippen LogP contribution in [0.25, 0.3) is 0 Å². The van der Waals surface area contributed by atoms with Gasteiger partial charge in [-0.05, 0) is 24.1 Å². The fourth-order valence-corrected chi connectivity index (χ4v) is 2.39. The molecule has 0 aromatic heterocycles. The summed E-state index contributed by atoms with van der Waals surface area (Å²) in [5, 5.41) is 12.3. The molecular formula is C13H17NO3. The normalized spacial score (nSPS) is 23.6. The zero-order valence-corrected chi connectivity index (χ0v) is 10.1. The van der Waals surface area contributed by atoms with Gasteiger partial charge < -0.3 is 15.2 Å². The number of methoxy groups -OCH3 is 1. The number of carboxylic acid groups (broad SMARTS) is 1. The Morgan fingerprint density at radius 3 is 2.88 bits per heavy atom. The fourth-order valence-electron chi connectivity index (χ4n) is 2.39. The van der Waals surface area contributed by atoms with Crippen LogP contribution in [0.4, 0.5) is 0 Å². The first kappa shape index (κ1) is 11.9. The Bertz CT molecular complexity index is 431. The number of aliphatic carboxylic acids is 1. The second-order valence-electron chi connectivity index (χ2n) is 4.45. The molecule has 0 radical (unpaired) electrons. The second kappa shape index (κ2) is 4.75. The minimum atomic E-state index is -0.748. The number of rotatable bonds is 3. The zero-order valence-electron chi connectivity index (χ0n) is 10.1. The van der Waals surface area contributed by atoms with E-state index in [4.69, 9.17) is 4.74 Å². The van der Waals surface area contributed by atoms with E-state index in [9.17, 15) is 9.90 Å². The molecule has 2 N–H and O–H groups in total. The largest absolute Gasteiger partial charge is 0.496 e. The Morgan fingerprint density at radius 2 is 2.24 bits per heavy atom. The van der Waals surface area contributed by atoms with E-state index in [1.54, 1.807) is 7.11 Å².